The second-order valence-corrected chi connectivity index (χ2v) is 6.60. The molecule has 0 saturated heterocycles. The summed E-state index contributed by atoms with van der Waals surface area (Å²) in [6.07, 6.45) is 0. The zero-order valence-electron chi connectivity index (χ0n) is 12.4. The first-order chi connectivity index (χ1) is 9.18. The Kier molecular flexibility index (Phi) is 3.36. The zero-order valence-corrected chi connectivity index (χ0v) is 12.4. The van der Waals surface area contributed by atoms with E-state index in [1.807, 2.05) is 0 Å². The summed E-state index contributed by atoms with van der Waals surface area (Å²) in [4.78, 5) is 22.9. The van der Waals surface area contributed by atoms with Gasteiger partial charge >= 0.3 is 5.97 Å². The Morgan fingerprint density at radius 2 is 1.60 bits per heavy atom. The summed E-state index contributed by atoms with van der Waals surface area (Å²) in [5, 5.41) is 11.8. The van der Waals surface area contributed by atoms with Crippen LogP contribution in [0.2, 0.25) is 0 Å². The number of hydrogen-bond donors (Lipinski definition) is 2. The molecule has 1 aromatic carbocycles. The quantitative estimate of drug-likeness (QED) is 0.887. The number of nitrogens with one attached hydrogen (secondary N) is 1. The third-order valence-corrected chi connectivity index (χ3v) is 4.95. The first kappa shape index (κ1) is 14.6. The van der Waals surface area contributed by atoms with Crippen LogP contribution in [0.1, 0.15) is 43.6 Å². The summed E-state index contributed by atoms with van der Waals surface area (Å²) in [5.41, 5.74) is 1.22. The van der Waals surface area contributed by atoms with Crippen molar-refractivity contribution in [2.24, 2.45) is 16.7 Å². The minimum Gasteiger partial charge on any atom is -0.478 e. The van der Waals surface area contributed by atoms with Crippen LogP contribution in [-0.2, 0) is 11.3 Å². The Labute approximate surface area is 119 Å². The van der Waals surface area contributed by atoms with Gasteiger partial charge < -0.3 is 10.4 Å². The van der Waals surface area contributed by atoms with Crippen molar-refractivity contribution < 1.29 is 14.7 Å². The predicted octanol–water partition coefficient (Wildman–Crippen LogP) is 2.68. The molecule has 0 atom stereocenters. The summed E-state index contributed by atoms with van der Waals surface area (Å²) in [6, 6.07) is 6.56. The van der Waals surface area contributed by atoms with Gasteiger partial charge in [0.15, 0.2) is 0 Å². The average Bonchev–Trinajstić information content (AvgIpc) is 2.77. The van der Waals surface area contributed by atoms with E-state index in [1.54, 1.807) is 24.3 Å². The smallest absolute Gasteiger partial charge is 0.335 e. The molecular formula is C16H21NO3. The van der Waals surface area contributed by atoms with Crippen molar-refractivity contribution in [2.75, 3.05) is 0 Å². The van der Waals surface area contributed by atoms with Gasteiger partial charge in [-0.05, 0) is 28.5 Å². The van der Waals surface area contributed by atoms with E-state index in [1.165, 1.54) is 0 Å². The van der Waals surface area contributed by atoms with Gasteiger partial charge in [-0.3, -0.25) is 4.79 Å². The number of amides is 1. The third-order valence-electron chi connectivity index (χ3n) is 4.95. The fourth-order valence-electron chi connectivity index (χ4n) is 2.91. The van der Waals surface area contributed by atoms with Gasteiger partial charge in [0, 0.05) is 12.5 Å². The number of carboxylic acids is 1. The number of carbonyl (C=O) groups is 2. The second-order valence-electron chi connectivity index (χ2n) is 6.60. The van der Waals surface area contributed by atoms with Crippen LogP contribution < -0.4 is 5.32 Å². The number of benzene rings is 1. The molecule has 4 nitrogen and oxygen atoms in total. The molecule has 1 aliphatic rings. The highest BCUT2D eigenvalue weighted by atomic mass is 16.4. The van der Waals surface area contributed by atoms with Crippen molar-refractivity contribution in [1.29, 1.82) is 0 Å². The Bertz CT molecular complexity index is 529. The Morgan fingerprint density at radius 3 is 2.00 bits per heavy atom. The number of carboxylic acid groups (broad SMARTS) is 1. The molecule has 0 unspecified atom stereocenters. The SMILES string of the molecule is CC1(C)C(C(=O)NCc2ccc(C(=O)O)cc2)C1(C)C. The van der Waals surface area contributed by atoms with Crippen molar-refractivity contribution in [1.82, 2.24) is 5.32 Å². The van der Waals surface area contributed by atoms with Gasteiger partial charge in [0.05, 0.1) is 5.56 Å². The maximum Gasteiger partial charge on any atom is 0.335 e. The van der Waals surface area contributed by atoms with Crippen LogP contribution in [0.25, 0.3) is 0 Å². The van der Waals surface area contributed by atoms with Crippen molar-refractivity contribution in [3.05, 3.63) is 35.4 Å². The lowest BCUT2D eigenvalue weighted by atomic mass is 10.0. The van der Waals surface area contributed by atoms with E-state index in [4.69, 9.17) is 5.11 Å². The molecule has 4 heteroatoms. The molecule has 2 rings (SSSR count). The Balaban J connectivity index is 1.93. The topological polar surface area (TPSA) is 66.4 Å². The molecular weight excluding hydrogens is 254 g/mol. The van der Waals surface area contributed by atoms with Crippen LogP contribution in [0.15, 0.2) is 24.3 Å². The average molecular weight is 275 g/mol. The molecule has 1 fully saturated rings. The Hall–Kier alpha value is -1.84. The number of carbonyl (C=O) groups excluding carboxylic acids is 1. The maximum atomic E-state index is 12.2. The lowest BCUT2D eigenvalue weighted by molar-refractivity contribution is -0.123. The van der Waals surface area contributed by atoms with Crippen LogP contribution in [0, 0.1) is 16.7 Å². The molecule has 1 amide bonds. The fourth-order valence-corrected chi connectivity index (χ4v) is 2.91. The van der Waals surface area contributed by atoms with Crippen molar-refractivity contribution in [3.8, 4) is 0 Å². The van der Waals surface area contributed by atoms with Crippen LogP contribution in [0.4, 0.5) is 0 Å². The van der Waals surface area contributed by atoms with Crippen LogP contribution in [-0.4, -0.2) is 17.0 Å². The molecule has 0 spiro atoms. The van der Waals surface area contributed by atoms with Crippen LogP contribution in [0.3, 0.4) is 0 Å². The summed E-state index contributed by atoms with van der Waals surface area (Å²) in [5.74, 6) is -0.835. The normalized spacial score (nSPS) is 19.4. The van der Waals surface area contributed by atoms with E-state index in [2.05, 4.69) is 33.0 Å². The van der Waals surface area contributed by atoms with Gasteiger partial charge in [0.2, 0.25) is 5.91 Å². The lowest BCUT2D eigenvalue weighted by Crippen LogP contribution is -2.26. The van der Waals surface area contributed by atoms with Crippen molar-refractivity contribution >= 4 is 11.9 Å². The van der Waals surface area contributed by atoms with Crippen LogP contribution >= 0.6 is 0 Å². The summed E-state index contributed by atoms with van der Waals surface area (Å²) in [6.45, 7) is 8.87. The summed E-state index contributed by atoms with van der Waals surface area (Å²) < 4.78 is 0. The first-order valence-electron chi connectivity index (χ1n) is 6.78. The molecule has 1 aromatic rings. The highest BCUT2D eigenvalue weighted by Crippen LogP contribution is 2.68. The van der Waals surface area contributed by atoms with E-state index in [0.29, 0.717) is 6.54 Å². The van der Waals surface area contributed by atoms with E-state index >= 15 is 0 Å². The van der Waals surface area contributed by atoms with Crippen LogP contribution in [0.5, 0.6) is 0 Å². The van der Waals surface area contributed by atoms with Gasteiger partial charge in [-0.1, -0.05) is 39.8 Å². The standard InChI is InChI=1S/C16H21NO3/c1-15(2)12(16(15,3)4)13(18)17-9-10-5-7-11(8-6-10)14(19)20/h5-8,12H,9H2,1-4H3,(H,17,18)(H,19,20). The monoisotopic (exact) mass is 275 g/mol. The van der Waals surface area contributed by atoms with E-state index in [9.17, 15) is 9.59 Å². The molecule has 108 valence electrons. The minimum absolute atomic E-state index is 0.0320. The van der Waals surface area contributed by atoms with E-state index < -0.39 is 5.97 Å². The van der Waals surface area contributed by atoms with Crippen molar-refractivity contribution in [3.63, 3.8) is 0 Å². The number of aromatic carboxylic acids is 1. The van der Waals surface area contributed by atoms with E-state index in [0.717, 1.165) is 5.56 Å². The number of rotatable bonds is 4. The molecule has 2 N–H and O–H groups in total. The van der Waals surface area contributed by atoms with Gasteiger partial charge in [-0.15, -0.1) is 0 Å². The fraction of sp³-hybridized carbons (Fsp3) is 0.500. The highest BCUT2D eigenvalue weighted by Gasteiger charge is 2.68. The van der Waals surface area contributed by atoms with Gasteiger partial charge in [-0.2, -0.15) is 0 Å². The highest BCUT2D eigenvalue weighted by molar-refractivity contribution is 5.87. The zero-order chi connectivity index (χ0) is 15.1. The summed E-state index contributed by atoms with van der Waals surface area (Å²) in [7, 11) is 0. The molecule has 1 saturated carbocycles. The second kappa shape index (κ2) is 4.62. The van der Waals surface area contributed by atoms with Gasteiger partial charge in [-0.25, -0.2) is 4.79 Å². The Morgan fingerprint density at radius 1 is 1.10 bits per heavy atom. The molecule has 0 heterocycles. The van der Waals surface area contributed by atoms with E-state index in [-0.39, 0.29) is 28.2 Å². The largest absolute Gasteiger partial charge is 0.478 e. The first-order valence-corrected chi connectivity index (χ1v) is 6.78. The van der Waals surface area contributed by atoms with Gasteiger partial charge in [0.25, 0.3) is 0 Å². The third kappa shape index (κ3) is 2.30. The lowest BCUT2D eigenvalue weighted by Gasteiger charge is -2.07. The molecule has 20 heavy (non-hydrogen) atoms. The summed E-state index contributed by atoms with van der Waals surface area (Å²) >= 11 is 0. The molecule has 0 aromatic heterocycles. The van der Waals surface area contributed by atoms with Crippen molar-refractivity contribution in [2.45, 2.75) is 34.2 Å². The molecule has 1 aliphatic carbocycles. The molecule has 0 aliphatic heterocycles. The minimum atomic E-state index is -0.943. The maximum absolute atomic E-state index is 12.2. The van der Waals surface area contributed by atoms with Gasteiger partial charge in [0.1, 0.15) is 0 Å². The molecule has 0 radical (unpaired) electrons. The molecule has 0 bridgehead atoms. The number of hydrogen-bond acceptors (Lipinski definition) is 2. The predicted molar refractivity (Wildman–Crippen MR) is 76.3 cm³/mol.